The average molecular weight is 441 g/mol. The Labute approximate surface area is 189 Å². The Hall–Kier alpha value is -3.22. The number of hydrazine groups is 1. The van der Waals surface area contributed by atoms with Crippen molar-refractivity contribution in [3.63, 3.8) is 0 Å². The maximum atomic E-state index is 13.5. The van der Waals surface area contributed by atoms with Crippen LogP contribution in [0.1, 0.15) is 71.5 Å². The fourth-order valence-electron chi connectivity index (χ4n) is 3.86. The van der Waals surface area contributed by atoms with Gasteiger partial charge >= 0.3 is 0 Å². The van der Waals surface area contributed by atoms with Gasteiger partial charge in [-0.1, -0.05) is 13.0 Å². The molecule has 0 saturated heterocycles. The predicted molar refractivity (Wildman–Crippen MR) is 122 cm³/mol. The Morgan fingerprint density at radius 2 is 1.97 bits per heavy atom. The third-order valence-electron chi connectivity index (χ3n) is 5.66. The molecule has 0 bridgehead atoms. The van der Waals surface area contributed by atoms with Crippen molar-refractivity contribution in [2.24, 2.45) is 0 Å². The quantitative estimate of drug-likeness (QED) is 0.697. The van der Waals surface area contributed by atoms with E-state index in [1.807, 2.05) is 40.7 Å². The molecule has 2 amide bonds. The molecule has 1 aliphatic rings. The number of aryl methyl sites for hydroxylation is 2. The Morgan fingerprint density at radius 1 is 1.25 bits per heavy atom. The van der Waals surface area contributed by atoms with E-state index >= 15 is 0 Å². The van der Waals surface area contributed by atoms with E-state index in [-0.39, 0.29) is 17.4 Å². The highest BCUT2D eigenvalue weighted by atomic mass is 16.5. The van der Waals surface area contributed by atoms with Gasteiger partial charge in [0.25, 0.3) is 11.8 Å². The molecular weight excluding hydrogens is 408 g/mol. The fourth-order valence-corrected chi connectivity index (χ4v) is 3.86. The van der Waals surface area contributed by atoms with Gasteiger partial charge in [-0.2, -0.15) is 0 Å². The molecule has 0 aromatic heterocycles. The summed E-state index contributed by atoms with van der Waals surface area (Å²) in [6, 6.07) is 6.81. The van der Waals surface area contributed by atoms with E-state index in [9.17, 15) is 14.7 Å². The van der Waals surface area contributed by atoms with E-state index < -0.39 is 11.4 Å². The second-order valence-electron chi connectivity index (χ2n) is 8.97. The molecule has 7 heteroatoms. The summed E-state index contributed by atoms with van der Waals surface area (Å²) in [7, 11) is 1.44. The van der Waals surface area contributed by atoms with Crippen molar-refractivity contribution >= 4 is 11.8 Å². The molecule has 2 aromatic rings. The molecular formula is C25H32N2O5. The maximum absolute atomic E-state index is 13.5. The first-order chi connectivity index (χ1) is 15.1. The summed E-state index contributed by atoms with van der Waals surface area (Å²) in [5.74, 6) is 0.210. The summed E-state index contributed by atoms with van der Waals surface area (Å²) in [5, 5.41) is 11.6. The SMILES string of the molecule is CCc1cc(C(=O)N(NC(=O)c2ccc3c(c2C)OCCC3)C(C)(C)C)cc(OC)c1O. The number of nitrogens with one attached hydrogen (secondary N) is 1. The number of aromatic hydroxyl groups is 1. The molecule has 7 nitrogen and oxygen atoms in total. The van der Waals surface area contributed by atoms with Crippen LogP contribution >= 0.6 is 0 Å². The molecule has 0 saturated carbocycles. The molecule has 0 fully saturated rings. The minimum atomic E-state index is -0.706. The first kappa shape index (κ1) is 23.4. The monoisotopic (exact) mass is 440 g/mol. The Bertz CT molecular complexity index is 1010. The van der Waals surface area contributed by atoms with Gasteiger partial charge in [0.05, 0.1) is 19.3 Å². The third kappa shape index (κ3) is 4.52. The highest BCUT2D eigenvalue weighted by Gasteiger charge is 2.31. The van der Waals surface area contributed by atoms with E-state index in [2.05, 4.69) is 5.43 Å². The van der Waals surface area contributed by atoms with Gasteiger partial charge in [-0.3, -0.25) is 15.0 Å². The van der Waals surface area contributed by atoms with Crippen LogP contribution in [-0.2, 0) is 12.8 Å². The number of benzene rings is 2. The minimum absolute atomic E-state index is 0.0163. The second-order valence-corrected chi connectivity index (χ2v) is 8.97. The van der Waals surface area contributed by atoms with Crippen LogP contribution in [0.2, 0.25) is 0 Å². The number of methoxy groups -OCH3 is 1. The van der Waals surface area contributed by atoms with E-state index in [1.165, 1.54) is 18.2 Å². The molecule has 1 aliphatic heterocycles. The highest BCUT2D eigenvalue weighted by molar-refractivity contribution is 6.01. The van der Waals surface area contributed by atoms with Crippen molar-refractivity contribution in [1.82, 2.24) is 10.4 Å². The van der Waals surface area contributed by atoms with E-state index in [1.54, 1.807) is 12.1 Å². The van der Waals surface area contributed by atoms with Crippen LogP contribution < -0.4 is 14.9 Å². The van der Waals surface area contributed by atoms with Crippen molar-refractivity contribution in [3.05, 3.63) is 52.1 Å². The first-order valence-electron chi connectivity index (χ1n) is 10.9. The average Bonchev–Trinajstić information content (AvgIpc) is 2.76. The lowest BCUT2D eigenvalue weighted by Crippen LogP contribution is -2.56. The zero-order valence-corrected chi connectivity index (χ0v) is 19.7. The molecule has 172 valence electrons. The van der Waals surface area contributed by atoms with Crippen LogP contribution in [0.15, 0.2) is 24.3 Å². The number of fused-ring (bicyclic) bond motifs is 1. The van der Waals surface area contributed by atoms with Gasteiger partial charge in [0.2, 0.25) is 0 Å². The van der Waals surface area contributed by atoms with Crippen molar-refractivity contribution in [1.29, 1.82) is 0 Å². The molecule has 0 unspecified atom stereocenters. The predicted octanol–water partition coefficient (Wildman–Crippen LogP) is 4.18. The van der Waals surface area contributed by atoms with Crippen molar-refractivity contribution in [2.45, 2.75) is 59.4 Å². The van der Waals surface area contributed by atoms with E-state index in [0.717, 1.165) is 29.7 Å². The largest absolute Gasteiger partial charge is 0.504 e. The summed E-state index contributed by atoms with van der Waals surface area (Å²) >= 11 is 0. The smallest absolute Gasteiger partial charge is 0.272 e. The number of hydrogen-bond donors (Lipinski definition) is 2. The zero-order valence-electron chi connectivity index (χ0n) is 19.7. The number of ether oxygens (including phenoxy) is 2. The number of amides is 2. The summed E-state index contributed by atoms with van der Waals surface area (Å²) in [6.07, 6.45) is 2.41. The number of carbonyl (C=O) groups excluding carboxylic acids is 2. The minimum Gasteiger partial charge on any atom is -0.504 e. The number of phenols is 1. The van der Waals surface area contributed by atoms with Crippen molar-refractivity contribution < 1.29 is 24.2 Å². The number of rotatable bonds is 4. The van der Waals surface area contributed by atoms with Gasteiger partial charge in [0, 0.05) is 16.7 Å². The van der Waals surface area contributed by atoms with Gasteiger partial charge < -0.3 is 14.6 Å². The molecule has 0 atom stereocenters. The van der Waals surface area contributed by atoms with E-state index in [0.29, 0.717) is 29.7 Å². The maximum Gasteiger partial charge on any atom is 0.272 e. The number of phenolic OH excluding ortho intramolecular Hbond substituents is 1. The van der Waals surface area contributed by atoms with Crippen molar-refractivity contribution in [2.75, 3.05) is 13.7 Å². The molecule has 2 N–H and O–H groups in total. The standard InChI is InChI=1S/C25H32N2O5/c1-7-16-13-18(14-20(31-6)21(16)28)24(30)27(25(3,4)5)26-23(29)19-11-10-17-9-8-12-32-22(17)15(19)2/h10-11,13-14,28H,7-9,12H2,1-6H3,(H,26,29). The lowest BCUT2D eigenvalue weighted by Gasteiger charge is -2.36. The number of hydrogen-bond acceptors (Lipinski definition) is 5. The summed E-state index contributed by atoms with van der Waals surface area (Å²) < 4.78 is 11.0. The lowest BCUT2D eigenvalue weighted by molar-refractivity contribution is 0.0358. The van der Waals surface area contributed by atoms with Gasteiger partial charge in [-0.05, 0) is 76.3 Å². The van der Waals surface area contributed by atoms with Crippen LogP contribution in [0, 0.1) is 6.92 Å². The number of carbonyl (C=O) groups is 2. The molecule has 32 heavy (non-hydrogen) atoms. The number of nitrogens with zero attached hydrogens (tertiary/aromatic N) is 1. The van der Waals surface area contributed by atoms with Gasteiger partial charge in [-0.15, -0.1) is 0 Å². The molecule has 0 aliphatic carbocycles. The van der Waals surface area contributed by atoms with Crippen LogP contribution in [-0.4, -0.2) is 41.2 Å². The van der Waals surface area contributed by atoms with Crippen molar-refractivity contribution in [3.8, 4) is 17.2 Å². The normalized spacial score (nSPS) is 13.1. The van der Waals surface area contributed by atoms with Gasteiger partial charge in [-0.25, -0.2) is 5.01 Å². The van der Waals surface area contributed by atoms with Crippen LogP contribution in [0.3, 0.4) is 0 Å². The fraction of sp³-hybridized carbons (Fsp3) is 0.440. The summed E-state index contributed by atoms with van der Waals surface area (Å²) in [6.45, 7) is 9.90. The highest BCUT2D eigenvalue weighted by Crippen LogP contribution is 2.33. The van der Waals surface area contributed by atoms with Crippen LogP contribution in [0.25, 0.3) is 0 Å². The molecule has 1 heterocycles. The van der Waals surface area contributed by atoms with Gasteiger partial charge in [0.1, 0.15) is 5.75 Å². The summed E-state index contributed by atoms with van der Waals surface area (Å²) in [5.41, 5.74) is 5.32. The van der Waals surface area contributed by atoms with Crippen LogP contribution in [0.4, 0.5) is 0 Å². The van der Waals surface area contributed by atoms with Gasteiger partial charge in [0.15, 0.2) is 11.5 Å². The Balaban J connectivity index is 1.95. The molecule has 3 rings (SSSR count). The van der Waals surface area contributed by atoms with E-state index in [4.69, 9.17) is 9.47 Å². The topological polar surface area (TPSA) is 88.1 Å². The molecule has 0 radical (unpaired) electrons. The second kappa shape index (κ2) is 9.10. The Morgan fingerprint density at radius 3 is 2.59 bits per heavy atom. The summed E-state index contributed by atoms with van der Waals surface area (Å²) in [4.78, 5) is 26.7. The Kier molecular flexibility index (Phi) is 6.67. The first-order valence-corrected chi connectivity index (χ1v) is 10.9. The molecule has 0 spiro atoms. The third-order valence-corrected chi connectivity index (χ3v) is 5.66. The zero-order chi connectivity index (χ0) is 23.6. The lowest BCUT2D eigenvalue weighted by atomic mass is 9.98. The van der Waals surface area contributed by atoms with Crippen LogP contribution in [0.5, 0.6) is 17.2 Å². The molecule has 2 aromatic carbocycles.